The average Bonchev–Trinajstić information content (AvgIpc) is 2.69. The van der Waals surface area contributed by atoms with E-state index in [0.717, 1.165) is 19.4 Å². The summed E-state index contributed by atoms with van der Waals surface area (Å²) in [4.78, 5) is 25.1. The Morgan fingerprint density at radius 1 is 1.69 bits per heavy atom. The molecule has 0 aromatic heterocycles. The second-order valence-electron chi connectivity index (χ2n) is 4.48. The van der Waals surface area contributed by atoms with Gasteiger partial charge in [0.15, 0.2) is 0 Å². The van der Waals surface area contributed by atoms with Crippen molar-refractivity contribution in [2.45, 2.75) is 31.8 Å². The zero-order chi connectivity index (χ0) is 11.7. The van der Waals surface area contributed by atoms with Crippen LogP contribution in [0.1, 0.15) is 19.8 Å². The van der Waals surface area contributed by atoms with E-state index in [1.165, 1.54) is 0 Å². The number of hydrazine groups is 1. The fourth-order valence-electron chi connectivity index (χ4n) is 2.74. The molecule has 2 amide bonds. The first-order chi connectivity index (χ1) is 7.65. The molecule has 2 saturated heterocycles. The molecular formula is C10H18N4O2. The molecule has 2 heterocycles. The molecule has 0 aliphatic carbocycles. The van der Waals surface area contributed by atoms with Crippen LogP contribution in [0.3, 0.4) is 0 Å². The van der Waals surface area contributed by atoms with E-state index < -0.39 is 0 Å². The molecule has 2 rings (SSSR count). The summed E-state index contributed by atoms with van der Waals surface area (Å²) in [6.07, 6.45) is 1.88. The highest BCUT2D eigenvalue weighted by Crippen LogP contribution is 2.28. The van der Waals surface area contributed by atoms with Gasteiger partial charge in [-0.15, -0.1) is 0 Å². The molecule has 0 aromatic rings. The predicted molar refractivity (Wildman–Crippen MR) is 58.0 cm³/mol. The molecule has 4 N–H and O–H groups in total. The van der Waals surface area contributed by atoms with Gasteiger partial charge in [0.1, 0.15) is 0 Å². The van der Waals surface area contributed by atoms with E-state index in [1.807, 2.05) is 6.92 Å². The minimum atomic E-state index is -0.273. The molecule has 0 radical (unpaired) electrons. The van der Waals surface area contributed by atoms with Gasteiger partial charge < -0.3 is 5.32 Å². The minimum absolute atomic E-state index is 0.0433. The van der Waals surface area contributed by atoms with Gasteiger partial charge in [-0.2, -0.15) is 0 Å². The van der Waals surface area contributed by atoms with Crippen molar-refractivity contribution in [3.05, 3.63) is 0 Å². The van der Waals surface area contributed by atoms with Gasteiger partial charge in [0.05, 0.1) is 12.0 Å². The first kappa shape index (κ1) is 11.3. The average molecular weight is 226 g/mol. The number of piperidine rings is 1. The topological polar surface area (TPSA) is 87.5 Å². The summed E-state index contributed by atoms with van der Waals surface area (Å²) in [7, 11) is 0. The number of hydrogen-bond acceptors (Lipinski definition) is 4. The van der Waals surface area contributed by atoms with Gasteiger partial charge in [0.2, 0.25) is 5.91 Å². The normalized spacial score (nSPS) is 31.8. The van der Waals surface area contributed by atoms with Crippen molar-refractivity contribution in [1.29, 1.82) is 0 Å². The lowest BCUT2D eigenvalue weighted by Gasteiger charge is -2.38. The molecule has 16 heavy (non-hydrogen) atoms. The third-order valence-corrected chi connectivity index (χ3v) is 3.66. The number of rotatable bonds is 2. The molecule has 6 nitrogen and oxygen atoms in total. The molecule has 0 bridgehead atoms. The summed E-state index contributed by atoms with van der Waals surface area (Å²) in [5.74, 6) is 5.10. The summed E-state index contributed by atoms with van der Waals surface area (Å²) in [6.45, 7) is 3.32. The number of carbonyl (C=O) groups excluding carboxylic acids is 2. The number of hydrogen-bond donors (Lipinski definition) is 3. The largest absolute Gasteiger partial charge is 0.354 e. The van der Waals surface area contributed by atoms with Crippen LogP contribution in [0.2, 0.25) is 0 Å². The van der Waals surface area contributed by atoms with Crippen LogP contribution < -0.4 is 16.6 Å². The second-order valence-corrected chi connectivity index (χ2v) is 4.48. The van der Waals surface area contributed by atoms with E-state index in [1.54, 1.807) is 0 Å². The van der Waals surface area contributed by atoms with Crippen LogP contribution in [0.25, 0.3) is 0 Å². The molecule has 2 aliphatic heterocycles. The monoisotopic (exact) mass is 226 g/mol. The van der Waals surface area contributed by atoms with Crippen molar-refractivity contribution >= 4 is 11.8 Å². The third-order valence-electron chi connectivity index (χ3n) is 3.66. The van der Waals surface area contributed by atoms with Crippen molar-refractivity contribution in [2.24, 2.45) is 11.8 Å². The SMILES string of the molecule is CC(C(=O)NN)N1CCCC2C(=O)NCC21. The standard InChI is InChI=1S/C10H18N4O2/c1-6(9(15)13-11)14-4-2-3-7-8(14)5-12-10(7)16/h6-8H,2-5,11H2,1H3,(H,12,16)(H,13,15). The lowest BCUT2D eigenvalue weighted by Crippen LogP contribution is -2.55. The van der Waals surface area contributed by atoms with Gasteiger partial charge in [0.25, 0.3) is 5.91 Å². The predicted octanol–water partition coefficient (Wildman–Crippen LogP) is -1.42. The van der Waals surface area contributed by atoms with Crippen molar-refractivity contribution in [3.63, 3.8) is 0 Å². The number of carbonyl (C=O) groups is 2. The van der Waals surface area contributed by atoms with Gasteiger partial charge in [-0.3, -0.25) is 19.9 Å². The molecule has 2 aliphatic rings. The first-order valence-electron chi connectivity index (χ1n) is 5.69. The number of amides is 2. The van der Waals surface area contributed by atoms with Gasteiger partial charge in [-0.1, -0.05) is 0 Å². The Hall–Kier alpha value is -1.14. The summed E-state index contributed by atoms with van der Waals surface area (Å²) >= 11 is 0. The first-order valence-corrected chi connectivity index (χ1v) is 5.69. The van der Waals surface area contributed by atoms with Crippen LogP contribution in [0, 0.1) is 5.92 Å². The van der Waals surface area contributed by atoms with Crippen molar-refractivity contribution in [3.8, 4) is 0 Å². The summed E-state index contributed by atoms with van der Waals surface area (Å²) in [5.41, 5.74) is 2.17. The molecular weight excluding hydrogens is 208 g/mol. The van der Waals surface area contributed by atoms with Crippen LogP contribution in [0.4, 0.5) is 0 Å². The molecule has 3 atom stereocenters. The second kappa shape index (κ2) is 4.39. The van der Waals surface area contributed by atoms with Gasteiger partial charge in [-0.05, 0) is 26.3 Å². The van der Waals surface area contributed by atoms with Gasteiger partial charge in [-0.25, -0.2) is 5.84 Å². The molecule has 6 heteroatoms. The Morgan fingerprint density at radius 2 is 2.44 bits per heavy atom. The van der Waals surface area contributed by atoms with Crippen molar-refractivity contribution in [2.75, 3.05) is 13.1 Å². The van der Waals surface area contributed by atoms with Gasteiger partial charge >= 0.3 is 0 Å². The smallest absolute Gasteiger partial charge is 0.250 e. The van der Waals surface area contributed by atoms with Crippen LogP contribution in [-0.4, -0.2) is 41.9 Å². The van der Waals surface area contributed by atoms with Gasteiger partial charge in [0, 0.05) is 12.6 Å². The van der Waals surface area contributed by atoms with Crippen LogP contribution in [0.5, 0.6) is 0 Å². The van der Waals surface area contributed by atoms with E-state index in [4.69, 9.17) is 5.84 Å². The van der Waals surface area contributed by atoms with E-state index in [-0.39, 0.29) is 29.8 Å². The molecule has 0 saturated carbocycles. The number of nitrogens with two attached hydrogens (primary N) is 1. The molecule has 2 fully saturated rings. The van der Waals surface area contributed by atoms with E-state index in [0.29, 0.717) is 6.54 Å². The number of fused-ring (bicyclic) bond motifs is 1. The Kier molecular flexibility index (Phi) is 3.11. The Balaban J connectivity index is 2.10. The lowest BCUT2D eigenvalue weighted by atomic mass is 9.90. The van der Waals surface area contributed by atoms with E-state index >= 15 is 0 Å². The highest BCUT2D eigenvalue weighted by atomic mass is 16.2. The van der Waals surface area contributed by atoms with Crippen LogP contribution >= 0.6 is 0 Å². The molecule has 3 unspecified atom stereocenters. The number of nitrogens with one attached hydrogen (secondary N) is 2. The third kappa shape index (κ3) is 1.78. The zero-order valence-electron chi connectivity index (χ0n) is 9.40. The van der Waals surface area contributed by atoms with Crippen LogP contribution in [0.15, 0.2) is 0 Å². The molecule has 0 spiro atoms. The molecule has 90 valence electrons. The summed E-state index contributed by atoms with van der Waals surface area (Å²) < 4.78 is 0. The van der Waals surface area contributed by atoms with E-state index in [2.05, 4.69) is 15.6 Å². The van der Waals surface area contributed by atoms with E-state index in [9.17, 15) is 9.59 Å². The Bertz CT molecular complexity index is 307. The maximum Gasteiger partial charge on any atom is 0.250 e. The Morgan fingerprint density at radius 3 is 3.12 bits per heavy atom. The van der Waals surface area contributed by atoms with Crippen molar-refractivity contribution < 1.29 is 9.59 Å². The fourth-order valence-corrected chi connectivity index (χ4v) is 2.74. The summed E-state index contributed by atoms with van der Waals surface area (Å²) in [6, 6.07) is -0.126. The lowest BCUT2D eigenvalue weighted by molar-refractivity contribution is -0.130. The Labute approximate surface area is 94.5 Å². The summed E-state index contributed by atoms with van der Waals surface area (Å²) in [5, 5.41) is 2.86. The fraction of sp³-hybridized carbons (Fsp3) is 0.800. The highest BCUT2D eigenvalue weighted by Gasteiger charge is 2.43. The number of nitrogens with zero attached hydrogens (tertiary/aromatic N) is 1. The maximum absolute atomic E-state index is 11.6. The highest BCUT2D eigenvalue weighted by molar-refractivity contribution is 5.83. The molecule has 0 aromatic carbocycles. The quantitative estimate of drug-likeness (QED) is 0.306. The number of likely N-dealkylation sites (tertiary alicyclic amines) is 1. The maximum atomic E-state index is 11.6. The zero-order valence-corrected chi connectivity index (χ0v) is 9.40. The minimum Gasteiger partial charge on any atom is -0.354 e. The van der Waals surface area contributed by atoms with Crippen LogP contribution in [-0.2, 0) is 9.59 Å². The van der Waals surface area contributed by atoms with Crippen molar-refractivity contribution in [1.82, 2.24) is 15.6 Å².